The normalized spacial score (nSPS) is 16.0. The summed E-state index contributed by atoms with van der Waals surface area (Å²) in [7, 11) is 0. The van der Waals surface area contributed by atoms with Gasteiger partial charge in [-0.15, -0.1) is 11.3 Å². The van der Waals surface area contributed by atoms with E-state index in [1.807, 2.05) is 45.5 Å². The molecule has 0 aliphatic carbocycles. The molecule has 0 unspecified atom stereocenters. The van der Waals surface area contributed by atoms with E-state index < -0.39 is 0 Å². The lowest BCUT2D eigenvalue weighted by Crippen LogP contribution is -2.50. The number of thiophene rings is 1. The van der Waals surface area contributed by atoms with Crippen LogP contribution in [0.25, 0.3) is 0 Å². The van der Waals surface area contributed by atoms with E-state index in [4.69, 9.17) is 0 Å². The van der Waals surface area contributed by atoms with Gasteiger partial charge in [0.15, 0.2) is 0 Å². The zero-order valence-electron chi connectivity index (χ0n) is 13.9. The smallest absolute Gasteiger partial charge is 0.264 e. The SMILES string of the molecule is C[C@H](CC(=O)N1CCN(C(=O)c2cccs2)CC1)c1ccccc1. The predicted octanol–water partition coefficient (Wildman–Crippen LogP) is 3.23. The van der Waals surface area contributed by atoms with Crippen LogP contribution in [0.5, 0.6) is 0 Å². The van der Waals surface area contributed by atoms with Gasteiger partial charge in [0.2, 0.25) is 5.91 Å². The maximum Gasteiger partial charge on any atom is 0.264 e. The molecule has 0 saturated carbocycles. The first kappa shape index (κ1) is 16.7. The second-order valence-electron chi connectivity index (χ2n) is 6.17. The second-order valence-corrected chi connectivity index (χ2v) is 7.11. The predicted molar refractivity (Wildman–Crippen MR) is 96.3 cm³/mol. The van der Waals surface area contributed by atoms with Crippen molar-refractivity contribution in [3.05, 3.63) is 58.3 Å². The molecule has 1 atom stereocenters. The van der Waals surface area contributed by atoms with Crippen molar-refractivity contribution in [3.8, 4) is 0 Å². The van der Waals surface area contributed by atoms with Crippen molar-refractivity contribution in [2.75, 3.05) is 26.2 Å². The Balaban J connectivity index is 1.51. The number of hydrogen-bond acceptors (Lipinski definition) is 3. The summed E-state index contributed by atoms with van der Waals surface area (Å²) in [5.41, 5.74) is 1.19. The van der Waals surface area contributed by atoms with Crippen molar-refractivity contribution in [2.45, 2.75) is 19.3 Å². The lowest BCUT2D eigenvalue weighted by Gasteiger charge is -2.35. The lowest BCUT2D eigenvalue weighted by molar-refractivity contribution is -0.133. The number of piperazine rings is 1. The molecule has 1 aromatic heterocycles. The third-order valence-electron chi connectivity index (χ3n) is 4.50. The maximum atomic E-state index is 12.5. The van der Waals surface area contributed by atoms with Crippen LogP contribution in [0.4, 0.5) is 0 Å². The average Bonchev–Trinajstić information content (AvgIpc) is 3.16. The molecular weight excluding hydrogens is 320 g/mol. The highest BCUT2D eigenvalue weighted by Crippen LogP contribution is 2.20. The molecule has 3 rings (SSSR count). The Hall–Kier alpha value is -2.14. The number of rotatable bonds is 4. The molecule has 1 fully saturated rings. The Bertz CT molecular complexity index is 677. The van der Waals surface area contributed by atoms with Crippen molar-refractivity contribution in [3.63, 3.8) is 0 Å². The summed E-state index contributed by atoms with van der Waals surface area (Å²) in [6.45, 7) is 4.56. The van der Waals surface area contributed by atoms with Gasteiger partial charge in [-0.25, -0.2) is 0 Å². The number of benzene rings is 1. The number of carbonyl (C=O) groups excluding carboxylic acids is 2. The average molecular weight is 342 g/mol. The third kappa shape index (κ3) is 3.85. The Kier molecular flexibility index (Phi) is 5.30. The van der Waals surface area contributed by atoms with Gasteiger partial charge in [0.25, 0.3) is 5.91 Å². The zero-order chi connectivity index (χ0) is 16.9. The van der Waals surface area contributed by atoms with Crippen LogP contribution in [-0.4, -0.2) is 47.8 Å². The molecule has 4 nitrogen and oxygen atoms in total. The molecule has 0 radical (unpaired) electrons. The fourth-order valence-corrected chi connectivity index (χ4v) is 3.70. The summed E-state index contributed by atoms with van der Waals surface area (Å²) in [6.07, 6.45) is 0.517. The molecule has 126 valence electrons. The van der Waals surface area contributed by atoms with Crippen LogP contribution in [0.2, 0.25) is 0 Å². The molecule has 0 bridgehead atoms. The van der Waals surface area contributed by atoms with E-state index in [2.05, 4.69) is 19.1 Å². The summed E-state index contributed by atoms with van der Waals surface area (Å²) >= 11 is 1.47. The fourth-order valence-electron chi connectivity index (χ4n) is 3.01. The molecule has 1 aromatic carbocycles. The molecule has 2 amide bonds. The summed E-state index contributed by atoms with van der Waals surface area (Å²) in [4.78, 5) is 29.3. The number of carbonyl (C=O) groups is 2. The number of hydrogen-bond donors (Lipinski definition) is 0. The zero-order valence-corrected chi connectivity index (χ0v) is 14.7. The van der Waals surface area contributed by atoms with Gasteiger partial charge >= 0.3 is 0 Å². The molecule has 2 heterocycles. The molecule has 1 saturated heterocycles. The standard InChI is InChI=1S/C19H22N2O2S/c1-15(16-6-3-2-4-7-16)14-18(22)20-9-11-21(12-10-20)19(23)17-8-5-13-24-17/h2-8,13,15H,9-12,14H2,1H3/t15-/m1/s1. The van der Waals surface area contributed by atoms with E-state index in [9.17, 15) is 9.59 Å². The van der Waals surface area contributed by atoms with Crippen molar-refractivity contribution >= 4 is 23.2 Å². The van der Waals surface area contributed by atoms with Gasteiger partial charge in [-0.05, 0) is 22.9 Å². The molecule has 1 aliphatic heterocycles. The van der Waals surface area contributed by atoms with E-state index in [1.165, 1.54) is 16.9 Å². The summed E-state index contributed by atoms with van der Waals surface area (Å²) in [5, 5.41) is 1.91. The Morgan fingerprint density at radius 1 is 1.00 bits per heavy atom. The number of nitrogens with zero attached hydrogens (tertiary/aromatic N) is 2. The summed E-state index contributed by atoms with van der Waals surface area (Å²) in [5.74, 6) is 0.466. The topological polar surface area (TPSA) is 40.6 Å². The van der Waals surface area contributed by atoms with Gasteiger partial charge < -0.3 is 9.80 Å². The lowest BCUT2D eigenvalue weighted by atomic mass is 9.97. The molecule has 0 N–H and O–H groups in total. The molecule has 2 aromatic rings. The maximum absolute atomic E-state index is 12.5. The third-order valence-corrected chi connectivity index (χ3v) is 5.36. The minimum Gasteiger partial charge on any atom is -0.339 e. The second kappa shape index (κ2) is 7.62. The molecule has 24 heavy (non-hydrogen) atoms. The number of amides is 2. The van der Waals surface area contributed by atoms with Crippen LogP contribution < -0.4 is 0 Å². The van der Waals surface area contributed by atoms with Crippen molar-refractivity contribution < 1.29 is 9.59 Å². The monoisotopic (exact) mass is 342 g/mol. The van der Waals surface area contributed by atoms with E-state index in [0.717, 1.165) is 4.88 Å². The minimum atomic E-state index is 0.0785. The Morgan fingerprint density at radius 3 is 2.29 bits per heavy atom. The van der Waals surface area contributed by atoms with Crippen molar-refractivity contribution in [1.82, 2.24) is 9.80 Å². The summed E-state index contributed by atoms with van der Waals surface area (Å²) < 4.78 is 0. The summed E-state index contributed by atoms with van der Waals surface area (Å²) in [6, 6.07) is 13.9. The fraction of sp³-hybridized carbons (Fsp3) is 0.368. The van der Waals surface area contributed by atoms with Gasteiger partial charge in [-0.3, -0.25) is 9.59 Å². The van der Waals surface area contributed by atoms with Gasteiger partial charge in [0, 0.05) is 32.6 Å². The highest BCUT2D eigenvalue weighted by atomic mass is 32.1. The highest BCUT2D eigenvalue weighted by Gasteiger charge is 2.26. The first-order chi connectivity index (χ1) is 11.6. The molecule has 1 aliphatic rings. The van der Waals surface area contributed by atoms with Gasteiger partial charge in [-0.1, -0.05) is 43.3 Å². The highest BCUT2D eigenvalue weighted by molar-refractivity contribution is 7.12. The minimum absolute atomic E-state index is 0.0785. The van der Waals surface area contributed by atoms with E-state index in [1.54, 1.807) is 0 Å². The van der Waals surface area contributed by atoms with E-state index >= 15 is 0 Å². The van der Waals surface area contributed by atoms with Crippen LogP contribution >= 0.6 is 11.3 Å². The van der Waals surface area contributed by atoms with Crippen LogP contribution in [0, 0.1) is 0 Å². The first-order valence-electron chi connectivity index (χ1n) is 8.30. The quantitative estimate of drug-likeness (QED) is 0.856. The van der Waals surface area contributed by atoms with Gasteiger partial charge in [0.05, 0.1) is 4.88 Å². The van der Waals surface area contributed by atoms with Crippen LogP contribution in [0.1, 0.15) is 34.5 Å². The Labute approximate surface area is 146 Å². The van der Waals surface area contributed by atoms with Crippen LogP contribution in [-0.2, 0) is 4.79 Å². The van der Waals surface area contributed by atoms with E-state index in [0.29, 0.717) is 32.6 Å². The van der Waals surface area contributed by atoms with Gasteiger partial charge in [-0.2, -0.15) is 0 Å². The van der Waals surface area contributed by atoms with Crippen LogP contribution in [0.15, 0.2) is 47.8 Å². The molecule has 5 heteroatoms. The Morgan fingerprint density at radius 2 is 1.67 bits per heavy atom. The molecule has 0 spiro atoms. The van der Waals surface area contributed by atoms with Gasteiger partial charge in [0.1, 0.15) is 0 Å². The van der Waals surface area contributed by atoms with Crippen molar-refractivity contribution in [2.24, 2.45) is 0 Å². The van der Waals surface area contributed by atoms with E-state index in [-0.39, 0.29) is 17.7 Å². The molecular formula is C19H22N2O2S. The first-order valence-corrected chi connectivity index (χ1v) is 9.18. The van der Waals surface area contributed by atoms with Crippen molar-refractivity contribution in [1.29, 1.82) is 0 Å². The largest absolute Gasteiger partial charge is 0.339 e. The van der Waals surface area contributed by atoms with Crippen LogP contribution in [0.3, 0.4) is 0 Å².